The van der Waals surface area contributed by atoms with Crippen LogP contribution in [0, 0.1) is 0 Å². The van der Waals surface area contributed by atoms with Gasteiger partial charge >= 0.3 is 0 Å². The standard InChI is InChI=1S/C17H20ClNO/c1-12(2)13-7-9-14(10-8-13)19-11-17(20)15-5-3-4-6-16(15)18/h3-10,12,17,19-20H,11H2,1-2H3. The zero-order valence-corrected chi connectivity index (χ0v) is 12.6. The molecule has 2 aromatic carbocycles. The van der Waals surface area contributed by atoms with Crippen LogP contribution in [-0.4, -0.2) is 11.7 Å². The molecule has 3 heteroatoms. The molecule has 0 amide bonds. The lowest BCUT2D eigenvalue weighted by molar-refractivity contribution is 0.192. The van der Waals surface area contributed by atoms with Crippen molar-refractivity contribution < 1.29 is 5.11 Å². The van der Waals surface area contributed by atoms with E-state index in [1.807, 2.05) is 30.3 Å². The number of aliphatic hydroxyl groups excluding tert-OH is 1. The lowest BCUT2D eigenvalue weighted by Crippen LogP contribution is -2.12. The first-order valence-electron chi connectivity index (χ1n) is 6.84. The Balaban J connectivity index is 1.96. The predicted molar refractivity (Wildman–Crippen MR) is 85.4 cm³/mol. The molecule has 0 aliphatic carbocycles. The first-order valence-corrected chi connectivity index (χ1v) is 7.22. The van der Waals surface area contributed by atoms with Gasteiger partial charge < -0.3 is 10.4 Å². The number of nitrogens with one attached hydrogen (secondary N) is 1. The summed E-state index contributed by atoms with van der Waals surface area (Å²) in [5.74, 6) is 0.526. The molecule has 2 nitrogen and oxygen atoms in total. The highest BCUT2D eigenvalue weighted by molar-refractivity contribution is 6.31. The number of hydrogen-bond donors (Lipinski definition) is 2. The second-order valence-electron chi connectivity index (χ2n) is 5.19. The molecular formula is C17H20ClNO. The van der Waals surface area contributed by atoms with Crippen LogP contribution < -0.4 is 5.32 Å². The second-order valence-corrected chi connectivity index (χ2v) is 5.60. The Kier molecular flexibility index (Phi) is 5.05. The van der Waals surface area contributed by atoms with Gasteiger partial charge in [-0.15, -0.1) is 0 Å². The van der Waals surface area contributed by atoms with Gasteiger partial charge in [-0.25, -0.2) is 0 Å². The number of rotatable bonds is 5. The molecule has 0 radical (unpaired) electrons. The van der Waals surface area contributed by atoms with E-state index < -0.39 is 6.10 Å². The van der Waals surface area contributed by atoms with Crippen molar-refractivity contribution in [3.8, 4) is 0 Å². The van der Waals surface area contributed by atoms with Gasteiger partial charge in [0, 0.05) is 22.8 Å². The number of halogens is 1. The largest absolute Gasteiger partial charge is 0.387 e. The highest BCUT2D eigenvalue weighted by Crippen LogP contribution is 2.23. The van der Waals surface area contributed by atoms with Crippen LogP contribution in [0.5, 0.6) is 0 Å². The van der Waals surface area contributed by atoms with Crippen molar-refractivity contribution in [2.24, 2.45) is 0 Å². The number of benzene rings is 2. The third-order valence-electron chi connectivity index (χ3n) is 3.34. The lowest BCUT2D eigenvalue weighted by Gasteiger charge is -2.15. The Labute approximate surface area is 125 Å². The van der Waals surface area contributed by atoms with Gasteiger partial charge in [0.25, 0.3) is 0 Å². The lowest BCUT2D eigenvalue weighted by atomic mass is 10.0. The van der Waals surface area contributed by atoms with E-state index in [9.17, 15) is 5.11 Å². The molecule has 0 aliphatic rings. The minimum absolute atomic E-state index is 0.435. The van der Waals surface area contributed by atoms with Gasteiger partial charge in [-0.05, 0) is 29.7 Å². The van der Waals surface area contributed by atoms with Gasteiger partial charge in [-0.2, -0.15) is 0 Å². The zero-order chi connectivity index (χ0) is 14.5. The van der Waals surface area contributed by atoms with Crippen molar-refractivity contribution in [3.05, 3.63) is 64.7 Å². The minimum atomic E-state index is -0.617. The number of hydrogen-bond acceptors (Lipinski definition) is 2. The Morgan fingerprint density at radius 1 is 1.05 bits per heavy atom. The van der Waals surface area contributed by atoms with Gasteiger partial charge in [0.15, 0.2) is 0 Å². The van der Waals surface area contributed by atoms with E-state index >= 15 is 0 Å². The topological polar surface area (TPSA) is 32.3 Å². The Morgan fingerprint density at radius 3 is 2.30 bits per heavy atom. The van der Waals surface area contributed by atoms with Crippen LogP contribution in [0.25, 0.3) is 0 Å². The fourth-order valence-corrected chi connectivity index (χ4v) is 2.32. The average molecular weight is 290 g/mol. The molecule has 0 bridgehead atoms. The van der Waals surface area contributed by atoms with E-state index in [0.717, 1.165) is 11.3 Å². The molecule has 20 heavy (non-hydrogen) atoms. The highest BCUT2D eigenvalue weighted by atomic mass is 35.5. The summed E-state index contributed by atoms with van der Waals surface area (Å²) < 4.78 is 0. The van der Waals surface area contributed by atoms with Gasteiger partial charge in [-0.3, -0.25) is 0 Å². The zero-order valence-electron chi connectivity index (χ0n) is 11.8. The predicted octanol–water partition coefficient (Wildman–Crippen LogP) is 4.61. The third kappa shape index (κ3) is 3.75. The first-order chi connectivity index (χ1) is 9.58. The molecule has 0 saturated heterocycles. The third-order valence-corrected chi connectivity index (χ3v) is 3.69. The molecule has 2 aromatic rings. The Hall–Kier alpha value is -1.51. The molecule has 0 aromatic heterocycles. The molecule has 0 fully saturated rings. The first kappa shape index (κ1) is 14.9. The maximum atomic E-state index is 10.2. The van der Waals surface area contributed by atoms with Gasteiger partial charge in [0.05, 0.1) is 6.10 Å². The van der Waals surface area contributed by atoms with Crippen molar-refractivity contribution in [2.75, 3.05) is 11.9 Å². The van der Waals surface area contributed by atoms with Crippen LogP contribution in [0.4, 0.5) is 5.69 Å². The molecule has 2 N–H and O–H groups in total. The number of anilines is 1. The Morgan fingerprint density at radius 2 is 1.70 bits per heavy atom. The summed E-state index contributed by atoms with van der Waals surface area (Å²) in [6.45, 7) is 4.78. The monoisotopic (exact) mass is 289 g/mol. The van der Waals surface area contributed by atoms with Crippen LogP contribution in [0.1, 0.15) is 37.0 Å². The summed E-state index contributed by atoms with van der Waals surface area (Å²) in [4.78, 5) is 0. The molecule has 0 aliphatic heterocycles. The summed E-state index contributed by atoms with van der Waals surface area (Å²) >= 11 is 6.07. The van der Waals surface area contributed by atoms with Crippen molar-refractivity contribution in [2.45, 2.75) is 25.9 Å². The van der Waals surface area contributed by atoms with Gasteiger partial charge in [0.1, 0.15) is 0 Å². The van der Waals surface area contributed by atoms with E-state index in [0.29, 0.717) is 17.5 Å². The Bertz CT molecular complexity index is 551. The van der Waals surface area contributed by atoms with E-state index in [4.69, 9.17) is 11.6 Å². The SMILES string of the molecule is CC(C)c1ccc(NCC(O)c2ccccc2Cl)cc1. The fraction of sp³-hybridized carbons (Fsp3) is 0.294. The summed E-state index contributed by atoms with van der Waals surface area (Å²) in [5, 5.41) is 14.0. The number of aliphatic hydroxyl groups is 1. The normalized spacial score (nSPS) is 12.4. The molecule has 2 rings (SSSR count). The van der Waals surface area contributed by atoms with Crippen molar-refractivity contribution in [1.29, 1.82) is 0 Å². The molecule has 0 heterocycles. The van der Waals surface area contributed by atoms with E-state index in [1.165, 1.54) is 5.56 Å². The van der Waals surface area contributed by atoms with Crippen LogP contribution >= 0.6 is 11.6 Å². The molecular weight excluding hydrogens is 270 g/mol. The van der Waals surface area contributed by atoms with E-state index in [2.05, 4.69) is 31.3 Å². The average Bonchev–Trinajstić information content (AvgIpc) is 2.45. The summed E-state index contributed by atoms with van der Waals surface area (Å²) in [7, 11) is 0. The molecule has 1 unspecified atom stereocenters. The fourth-order valence-electron chi connectivity index (χ4n) is 2.06. The molecule has 0 saturated carbocycles. The van der Waals surface area contributed by atoms with Crippen LogP contribution in [0.3, 0.4) is 0 Å². The highest BCUT2D eigenvalue weighted by Gasteiger charge is 2.10. The van der Waals surface area contributed by atoms with Gasteiger partial charge in [-0.1, -0.05) is 55.8 Å². The molecule has 0 spiro atoms. The van der Waals surface area contributed by atoms with E-state index in [-0.39, 0.29) is 0 Å². The minimum Gasteiger partial charge on any atom is -0.387 e. The molecule has 1 atom stereocenters. The maximum Gasteiger partial charge on any atom is 0.0976 e. The van der Waals surface area contributed by atoms with E-state index in [1.54, 1.807) is 6.07 Å². The van der Waals surface area contributed by atoms with Crippen molar-refractivity contribution in [3.63, 3.8) is 0 Å². The van der Waals surface area contributed by atoms with Crippen molar-refractivity contribution in [1.82, 2.24) is 0 Å². The van der Waals surface area contributed by atoms with Crippen LogP contribution in [0.2, 0.25) is 5.02 Å². The second kappa shape index (κ2) is 6.78. The summed E-state index contributed by atoms with van der Waals surface area (Å²) in [6.07, 6.45) is -0.617. The summed E-state index contributed by atoms with van der Waals surface area (Å²) in [5.41, 5.74) is 3.06. The summed E-state index contributed by atoms with van der Waals surface area (Å²) in [6, 6.07) is 15.7. The smallest absolute Gasteiger partial charge is 0.0976 e. The quantitative estimate of drug-likeness (QED) is 0.842. The van der Waals surface area contributed by atoms with Gasteiger partial charge in [0.2, 0.25) is 0 Å². The van der Waals surface area contributed by atoms with Crippen molar-refractivity contribution >= 4 is 17.3 Å². The molecule has 106 valence electrons. The maximum absolute atomic E-state index is 10.2. The van der Waals surface area contributed by atoms with Crippen LogP contribution in [0.15, 0.2) is 48.5 Å². The van der Waals surface area contributed by atoms with Crippen LogP contribution in [-0.2, 0) is 0 Å².